The third kappa shape index (κ3) is 4.06. The molecule has 178 valence electrons. The fourth-order valence-electron chi connectivity index (χ4n) is 4.08. The van der Waals surface area contributed by atoms with Gasteiger partial charge in [0.05, 0.1) is 11.2 Å². The Morgan fingerprint density at radius 3 is 2.31 bits per heavy atom. The van der Waals surface area contributed by atoms with E-state index in [0.717, 1.165) is 12.1 Å². The van der Waals surface area contributed by atoms with Gasteiger partial charge < -0.3 is 4.84 Å². The largest absolute Gasteiger partial charge is 0.435 e. The zero-order valence-corrected chi connectivity index (χ0v) is 19.1. The van der Waals surface area contributed by atoms with Crippen LogP contribution in [0.25, 0.3) is 10.9 Å². The maximum Gasteiger partial charge on any atom is 0.435 e. The van der Waals surface area contributed by atoms with E-state index < -0.39 is 24.0 Å². The van der Waals surface area contributed by atoms with Gasteiger partial charge in [-0.3, -0.25) is 9.36 Å². The number of oxime groups is 1. The molecule has 10 heteroatoms. The number of carbonyl (C=O) groups excluding carboxylic acids is 1. The van der Waals surface area contributed by atoms with Crippen LogP contribution in [0.5, 0.6) is 0 Å². The second-order valence-corrected chi connectivity index (χ2v) is 8.93. The lowest BCUT2D eigenvalue weighted by molar-refractivity contribution is -0.275. The van der Waals surface area contributed by atoms with Gasteiger partial charge in [-0.15, -0.1) is 0 Å². The number of halogens is 6. The Hall–Kier alpha value is -3.36. The van der Waals surface area contributed by atoms with Crippen molar-refractivity contribution in [2.75, 3.05) is 0 Å². The lowest BCUT2D eigenvalue weighted by Crippen LogP contribution is -2.42. The second kappa shape index (κ2) is 8.39. The van der Waals surface area contributed by atoms with E-state index in [1.54, 1.807) is 6.07 Å². The van der Waals surface area contributed by atoms with Crippen molar-refractivity contribution in [1.29, 1.82) is 0 Å². The molecule has 5 rings (SSSR count). The highest BCUT2D eigenvalue weighted by atomic mass is 35.5. The summed E-state index contributed by atoms with van der Waals surface area (Å²) in [6.07, 6.45) is -3.88. The van der Waals surface area contributed by atoms with Crippen LogP contribution in [0.1, 0.15) is 27.9 Å². The van der Waals surface area contributed by atoms with Crippen molar-refractivity contribution in [1.82, 2.24) is 4.57 Å². The molecule has 0 aliphatic carbocycles. The van der Waals surface area contributed by atoms with Gasteiger partial charge in [-0.05, 0) is 60.2 Å². The second-order valence-electron chi connectivity index (χ2n) is 8.06. The number of benzene rings is 3. The molecule has 1 aromatic heterocycles. The number of fused-ring (bicyclic) bond motifs is 1. The third-order valence-electron chi connectivity index (χ3n) is 5.85. The zero-order chi connectivity index (χ0) is 25.0. The number of nitrogens with zero attached hydrogens (tertiary/aromatic N) is 2. The van der Waals surface area contributed by atoms with Gasteiger partial charge >= 0.3 is 6.18 Å². The first-order valence-corrected chi connectivity index (χ1v) is 11.0. The van der Waals surface area contributed by atoms with Gasteiger partial charge in [0.25, 0.3) is 11.5 Å². The van der Waals surface area contributed by atoms with Crippen LogP contribution < -0.4 is 0 Å². The van der Waals surface area contributed by atoms with Gasteiger partial charge in [0, 0.05) is 39.2 Å². The molecule has 1 aliphatic rings. The fraction of sp³-hybridized carbons (Fsp3) is 0.120. The van der Waals surface area contributed by atoms with E-state index in [9.17, 15) is 22.4 Å². The summed E-state index contributed by atoms with van der Waals surface area (Å²) in [4.78, 5) is 18.0. The first kappa shape index (κ1) is 23.4. The Morgan fingerprint density at radius 2 is 1.66 bits per heavy atom. The summed E-state index contributed by atoms with van der Waals surface area (Å²) >= 11 is 11.9. The van der Waals surface area contributed by atoms with E-state index in [1.165, 1.54) is 59.3 Å². The van der Waals surface area contributed by atoms with Crippen LogP contribution in [0, 0.1) is 5.82 Å². The topological polar surface area (TPSA) is 43.6 Å². The molecule has 0 saturated heterocycles. The molecular weight excluding hydrogens is 507 g/mol. The number of aromatic nitrogens is 1. The molecule has 0 fully saturated rings. The van der Waals surface area contributed by atoms with Crippen LogP contribution in [-0.2, 0) is 10.4 Å². The summed E-state index contributed by atoms with van der Waals surface area (Å²) in [5.41, 5.74) is -1.77. The number of alkyl halides is 3. The van der Waals surface area contributed by atoms with Crippen LogP contribution >= 0.6 is 23.2 Å². The maximum atomic E-state index is 14.2. The predicted octanol–water partition coefficient (Wildman–Crippen LogP) is 7.36. The van der Waals surface area contributed by atoms with E-state index in [2.05, 4.69) is 5.16 Å². The molecule has 0 radical (unpaired) electrons. The normalized spacial score (nSPS) is 17.9. The Bertz CT molecular complexity index is 1480. The molecule has 0 amide bonds. The van der Waals surface area contributed by atoms with E-state index >= 15 is 0 Å². The van der Waals surface area contributed by atoms with Crippen LogP contribution in [0.15, 0.2) is 78.1 Å². The Kier molecular flexibility index (Phi) is 5.61. The van der Waals surface area contributed by atoms with E-state index in [4.69, 9.17) is 28.0 Å². The van der Waals surface area contributed by atoms with Crippen molar-refractivity contribution in [2.45, 2.75) is 18.2 Å². The molecule has 0 spiro atoms. The monoisotopic (exact) mass is 520 g/mol. The predicted molar refractivity (Wildman–Crippen MR) is 125 cm³/mol. The van der Waals surface area contributed by atoms with Gasteiger partial charge in [0.2, 0.25) is 0 Å². The molecule has 1 unspecified atom stereocenters. The summed E-state index contributed by atoms with van der Waals surface area (Å²) in [5.74, 6) is -0.789. The summed E-state index contributed by atoms with van der Waals surface area (Å²) in [7, 11) is 0. The average molecular weight is 521 g/mol. The van der Waals surface area contributed by atoms with Crippen LogP contribution in [0.2, 0.25) is 10.0 Å². The van der Waals surface area contributed by atoms with Gasteiger partial charge in [0.1, 0.15) is 5.82 Å². The number of hydrogen-bond acceptors (Lipinski definition) is 3. The minimum Gasteiger partial charge on any atom is -0.374 e. The molecule has 1 atom stereocenters. The highest BCUT2D eigenvalue weighted by Crippen LogP contribution is 2.49. The molecule has 4 aromatic rings. The molecule has 0 bridgehead atoms. The first-order chi connectivity index (χ1) is 16.6. The van der Waals surface area contributed by atoms with Crippen molar-refractivity contribution < 1.29 is 27.2 Å². The average Bonchev–Trinajstić information content (AvgIpc) is 3.43. The van der Waals surface area contributed by atoms with Gasteiger partial charge in [-0.25, -0.2) is 4.39 Å². The molecule has 2 heterocycles. The van der Waals surface area contributed by atoms with E-state index in [1.807, 2.05) is 0 Å². The molecule has 1 aliphatic heterocycles. The Morgan fingerprint density at radius 1 is 0.971 bits per heavy atom. The molecule has 0 N–H and O–H groups in total. The minimum atomic E-state index is -4.81. The number of hydrogen-bond donors (Lipinski definition) is 0. The molecule has 3 aromatic carbocycles. The molecule has 35 heavy (non-hydrogen) atoms. The van der Waals surface area contributed by atoms with Crippen molar-refractivity contribution in [3.63, 3.8) is 0 Å². The summed E-state index contributed by atoms with van der Waals surface area (Å²) in [6, 6.07) is 15.3. The van der Waals surface area contributed by atoms with Crippen molar-refractivity contribution in [2.24, 2.45) is 5.16 Å². The van der Waals surface area contributed by atoms with Gasteiger partial charge in [-0.1, -0.05) is 40.5 Å². The van der Waals surface area contributed by atoms with Crippen LogP contribution in [0.3, 0.4) is 0 Å². The van der Waals surface area contributed by atoms with Crippen LogP contribution in [0.4, 0.5) is 17.6 Å². The third-order valence-corrected chi connectivity index (χ3v) is 6.29. The lowest BCUT2D eigenvalue weighted by atomic mass is 9.86. The van der Waals surface area contributed by atoms with Crippen molar-refractivity contribution in [3.8, 4) is 0 Å². The van der Waals surface area contributed by atoms with Crippen molar-refractivity contribution >= 4 is 45.7 Å². The zero-order valence-electron chi connectivity index (χ0n) is 17.6. The smallest absolute Gasteiger partial charge is 0.374 e. The number of rotatable bonds is 3. The van der Waals surface area contributed by atoms with Gasteiger partial charge in [-0.2, -0.15) is 13.2 Å². The van der Waals surface area contributed by atoms with E-state index in [-0.39, 0.29) is 27.2 Å². The minimum absolute atomic E-state index is 0.0383. The molecule has 0 saturated carbocycles. The Balaban J connectivity index is 1.43. The lowest BCUT2D eigenvalue weighted by Gasteiger charge is -2.29. The van der Waals surface area contributed by atoms with E-state index in [0.29, 0.717) is 22.0 Å². The number of carbonyl (C=O) groups is 1. The van der Waals surface area contributed by atoms with Gasteiger partial charge in [0.15, 0.2) is 0 Å². The summed E-state index contributed by atoms with van der Waals surface area (Å²) in [6.45, 7) is 0. The fourth-order valence-corrected chi connectivity index (χ4v) is 4.61. The SMILES string of the molecule is O=C(c1ccc(C2=NOC(c3cc(Cl)cc(Cl)c3)(C(F)(F)F)C2)cc1)n1ccc2cc(F)ccc21. The highest BCUT2D eigenvalue weighted by Gasteiger charge is 2.62. The molecular formula is C25H14Cl2F4N2O2. The Labute approximate surface area is 206 Å². The summed E-state index contributed by atoms with van der Waals surface area (Å²) < 4.78 is 57.3. The standard InChI is InChI=1S/C25H14Cl2F4N2O2/c26-18-10-17(11-19(27)12-18)24(25(29,30)31)13-21(32-35-24)14-1-3-15(4-2-14)23(34)33-8-7-16-9-20(28)5-6-22(16)33/h1-12H,13H2. The van der Waals surface area contributed by atoms with Crippen LogP contribution in [-0.4, -0.2) is 22.4 Å². The summed E-state index contributed by atoms with van der Waals surface area (Å²) in [5, 5.41) is 4.36. The van der Waals surface area contributed by atoms with Crippen molar-refractivity contribution in [3.05, 3.63) is 105 Å². The maximum absolute atomic E-state index is 14.2. The molecule has 4 nitrogen and oxygen atoms in total. The quantitative estimate of drug-likeness (QED) is 0.265. The first-order valence-electron chi connectivity index (χ1n) is 10.3. The highest BCUT2D eigenvalue weighted by molar-refractivity contribution is 6.34.